The number of rotatable bonds is 5. The van der Waals surface area contributed by atoms with E-state index in [1.807, 2.05) is 4.90 Å². The van der Waals surface area contributed by atoms with Crippen molar-refractivity contribution in [1.29, 1.82) is 0 Å². The minimum atomic E-state index is -4.42. The molecule has 0 radical (unpaired) electrons. The molecule has 2 aliphatic carbocycles. The first-order valence-corrected chi connectivity index (χ1v) is 14.0. The van der Waals surface area contributed by atoms with Crippen LogP contribution < -0.4 is 4.90 Å². The quantitative estimate of drug-likeness (QED) is 0.581. The standard InChI is InChI=1S/C28H33F3N6O4/c1-17-20(28(29,30)31)3-2-4-21(17)33-5-7-34(8-6-33)23(39)15-37-22-14-18-13-19(18)25(22)26(32-37)27(41)36-11-9-35(10-12-36)24(40)16-38/h2-4,18-19,38H,5-16H2,1H3/t18-,19-/m1/s1. The molecule has 2 saturated heterocycles. The summed E-state index contributed by atoms with van der Waals surface area (Å²) in [6, 6.07) is 4.19. The second kappa shape index (κ2) is 10.3. The average Bonchev–Trinajstić information content (AvgIpc) is 3.49. The first-order chi connectivity index (χ1) is 19.6. The maximum absolute atomic E-state index is 13.5. The van der Waals surface area contributed by atoms with Crippen LogP contribution in [0.2, 0.25) is 0 Å². The molecule has 10 nitrogen and oxygen atoms in total. The summed E-state index contributed by atoms with van der Waals surface area (Å²) in [4.78, 5) is 45.4. The minimum Gasteiger partial charge on any atom is -0.387 e. The second-order valence-corrected chi connectivity index (χ2v) is 11.3. The van der Waals surface area contributed by atoms with Gasteiger partial charge in [0.05, 0.1) is 5.56 Å². The number of halogens is 3. The van der Waals surface area contributed by atoms with Gasteiger partial charge in [-0.15, -0.1) is 0 Å². The number of hydrogen-bond donors (Lipinski definition) is 1. The molecule has 41 heavy (non-hydrogen) atoms. The summed E-state index contributed by atoms with van der Waals surface area (Å²) in [6.07, 6.45) is -2.62. The van der Waals surface area contributed by atoms with Crippen LogP contribution in [0.1, 0.15) is 45.2 Å². The second-order valence-electron chi connectivity index (χ2n) is 11.3. The summed E-state index contributed by atoms with van der Waals surface area (Å²) in [5, 5.41) is 13.7. The van der Waals surface area contributed by atoms with E-state index >= 15 is 0 Å². The lowest BCUT2D eigenvalue weighted by atomic mass is 10.0. The van der Waals surface area contributed by atoms with Crippen LogP contribution in [0.3, 0.4) is 0 Å². The predicted octanol–water partition coefficient (Wildman–Crippen LogP) is 1.50. The van der Waals surface area contributed by atoms with E-state index in [9.17, 15) is 27.6 Å². The number of hydrogen-bond acceptors (Lipinski definition) is 6. The van der Waals surface area contributed by atoms with Gasteiger partial charge in [0.1, 0.15) is 13.2 Å². The molecule has 0 spiro atoms. The average molecular weight is 575 g/mol. The van der Waals surface area contributed by atoms with Gasteiger partial charge in [-0.25, -0.2) is 0 Å². The van der Waals surface area contributed by atoms with Crippen molar-refractivity contribution in [3.05, 3.63) is 46.3 Å². The molecule has 3 heterocycles. The van der Waals surface area contributed by atoms with Gasteiger partial charge in [0.15, 0.2) is 5.69 Å². The summed E-state index contributed by atoms with van der Waals surface area (Å²) in [5.74, 6) is 0.0958. The fourth-order valence-electron chi connectivity index (χ4n) is 6.59. The van der Waals surface area contributed by atoms with E-state index in [-0.39, 0.29) is 29.8 Å². The smallest absolute Gasteiger partial charge is 0.387 e. The van der Waals surface area contributed by atoms with Gasteiger partial charge in [0.2, 0.25) is 11.8 Å². The molecular weight excluding hydrogens is 541 g/mol. The number of aromatic nitrogens is 2. The number of benzene rings is 1. The summed E-state index contributed by atoms with van der Waals surface area (Å²) < 4.78 is 41.8. The van der Waals surface area contributed by atoms with Gasteiger partial charge in [-0.2, -0.15) is 18.3 Å². The van der Waals surface area contributed by atoms with Crippen molar-refractivity contribution in [3.8, 4) is 0 Å². The fourth-order valence-corrected chi connectivity index (χ4v) is 6.59. The van der Waals surface area contributed by atoms with E-state index in [2.05, 4.69) is 5.10 Å². The number of anilines is 1. The number of aliphatic hydroxyl groups excluding tert-OH is 1. The number of nitrogens with zero attached hydrogens (tertiary/aromatic N) is 6. The maximum atomic E-state index is 13.5. The number of piperazine rings is 2. The third kappa shape index (κ3) is 5.04. The van der Waals surface area contributed by atoms with Gasteiger partial charge in [-0.05, 0) is 49.3 Å². The van der Waals surface area contributed by atoms with Gasteiger partial charge in [0, 0.05) is 69.3 Å². The number of amides is 3. The molecule has 1 aromatic heterocycles. The molecule has 6 rings (SSSR count). The van der Waals surface area contributed by atoms with Crippen LogP contribution >= 0.6 is 0 Å². The molecule has 0 unspecified atom stereocenters. The third-order valence-electron chi connectivity index (χ3n) is 8.97. The highest BCUT2D eigenvalue weighted by Gasteiger charge is 2.50. The summed E-state index contributed by atoms with van der Waals surface area (Å²) in [7, 11) is 0. The first kappa shape index (κ1) is 27.6. The summed E-state index contributed by atoms with van der Waals surface area (Å²) >= 11 is 0. The normalized spacial score (nSPS) is 22.1. The lowest BCUT2D eigenvalue weighted by Gasteiger charge is -2.37. The highest BCUT2D eigenvalue weighted by atomic mass is 19.4. The third-order valence-corrected chi connectivity index (χ3v) is 8.97. The van der Waals surface area contributed by atoms with E-state index in [4.69, 9.17) is 5.11 Å². The van der Waals surface area contributed by atoms with Crippen LogP contribution in [0.15, 0.2) is 18.2 Å². The monoisotopic (exact) mass is 574 g/mol. The van der Waals surface area contributed by atoms with Crippen LogP contribution in [0.5, 0.6) is 0 Å². The van der Waals surface area contributed by atoms with Crippen molar-refractivity contribution in [2.75, 3.05) is 63.9 Å². The Morgan fingerprint density at radius 1 is 0.951 bits per heavy atom. The van der Waals surface area contributed by atoms with E-state index in [0.29, 0.717) is 75.6 Å². The maximum Gasteiger partial charge on any atom is 0.416 e. The lowest BCUT2D eigenvalue weighted by molar-refractivity contribution is -0.138. The molecule has 2 atom stereocenters. The van der Waals surface area contributed by atoms with Crippen molar-refractivity contribution in [2.45, 2.75) is 38.4 Å². The van der Waals surface area contributed by atoms with Gasteiger partial charge in [-0.1, -0.05) is 6.07 Å². The Bertz CT molecular complexity index is 1380. The zero-order valence-electron chi connectivity index (χ0n) is 22.9. The predicted molar refractivity (Wildman–Crippen MR) is 141 cm³/mol. The van der Waals surface area contributed by atoms with Gasteiger partial charge < -0.3 is 24.7 Å². The number of alkyl halides is 3. The molecule has 3 amide bonds. The van der Waals surface area contributed by atoms with Crippen LogP contribution in [-0.2, 0) is 28.7 Å². The molecule has 0 bridgehead atoms. The molecule has 4 aliphatic rings. The molecule has 1 saturated carbocycles. The molecule has 1 N–H and O–H groups in total. The van der Waals surface area contributed by atoms with Crippen LogP contribution in [0.4, 0.5) is 18.9 Å². The molecular formula is C28H33F3N6O4. The molecule has 3 fully saturated rings. The molecule has 13 heteroatoms. The minimum absolute atomic E-state index is 0.0103. The summed E-state index contributed by atoms with van der Waals surface area (Å²) in [6.45, 7) is 3.95. The van der Waals surface area contributed by atoms with Crippen molar-refractivity contribution in [1.82, 2.24) is 24.5 Å². The highest BCUT2D eigenvalue weighted by molar-refractivity contribution is 5.95. The highest BCUT2D eigenvalue weighted by Crippen LogP contribution is 2.57. The Morgan fingerprint density at radius 3 is 2.24 bits per heavy atom. The van der Waals surface area contributed by atoms with Gasteiger partial charge in [-0.3, -0.25) is 19.1 Å². The van der Waals surface area contributed by atoms with E-state index in [0.717, 1.165) is 30.2 Å². The van der Waals surface area contributed by atoms with Crippen molar-refractivity contribution < 1.29 is 32.7 Å². The number of fused-ring (bicyclic) bond motifs is 3. The Kier molecular flexibility index (Phi) is 6.95. The molecule has 2 aliphatic heterocycles. The number of carbonyl (C=O) groups is 3. The Morgan fingerprint density at radius 2 is 1.59 bits per heavy atom. The molecule has 1 aromatic carbocycles. The zero-order valence-corrected chi connectivity index (χ0v) is 22.9. The number of carbonyl (C=O) groups excluding carboxylic acids is 3. The molecule has 2 aromatic rings. The fraction of sp³-hybridized carbons (Fsp3) is 0.571. The van der Waals surface area contributed by atoms with E-state index in [1.54, 1.807) is 20.5 Å². The lowest BCUT2D eigenvalue weighted by Crippen LogP contribution is -2.51. The van der Waals surface area contributed by atoms with Gasteiger partial charge >= 0.3 is 6.18 Å². The Balaban J connectivity index is 1.11. The van der Waals surface area contributed by atoms with Gasteiger partial charge in [0.25, 0.3) is 5.91 Å². The van der Waals surface area contributed by atoms with E-state index in [1.165, 1.54) is 17.9 Å². The van der Waals surface area contributed by atoms with Crippen LogP contribution in [0.25, 0.3) is 0 Å². The first-order valence-electron chi connectivity index (χ1n) is 14.0. The SMILES string of the molecule is Cc1c(N2CCN(C(=O)Cn3nc(C(=O)N4CCN(C(=O)CO)CC4)c4c3C[C@H]3C[C@@H]43)CC2)cccc1C(F)(F)F. The molecule has 220 valence electrons. The van der Waals surface area contributed by atoms with Crippen LogP contribution in [0, 0.1) is 12.8 Å². The Labute approximate surface area is 235 Å². The van der Waals surface area contributed by atoms with E-state index < -0.39 is 18.3 Å². The summed E-state index contributed by atoms with van der Waals surface area (Å²) in [5.41, 5.74) is 2.35. The van der Waals surface area contributed by atoms with Crippen molar-refractivity contribution >= 4 is 23.4 Å². The van der Waals surface area contributed by atoms with Crippen molar-refractivity contribution in [3.63, 3.8) is 0 Å². The Hall–Kier alpha value is -3.61. The zero-order chi connectivity index (χ0) is 29.1. The van der Waals surface area contributed by atoms with Crippen LogP contribution in [-0.4, -0.2) is 106 Å². The van der Waals surface area contributed by atoms with Crippen molar-refractivity contribution in [2.24, 2.45) is 5.92 Å². The number of aliphatic hydroxyl groups is 1. The largest absolute Gasteiger partial charge is 0.416 e. The topological polar surface area (TPSA) is 102 Å².